The molecule has 146 valence electrons. The van der Waals surface area contributed by atoms with Crippen LogP contribution in [0.5, 0.6) is 0 Å². The van der Waals surface area contributed by atoms with Crippen molar-refractivity contribution in [3.63, 3.8) is 0 Å². The molecule has 0 saturated heterocycles. The quantitative estimate of drug-likeness (QED) is 0.640. The summed E-state index contributed by atoms with van der Waals surface area (Å²) < 4.78 is 54.8. The van der Waals surface area contributed by atoms with Crippen LogP contribution in [0.2, 0.25) is 0 Å². The highest BCUT2D eigenvalue weighted by atomic mass is 32.2. The average Bonchev–Trinajstić information content (AvgIpc) is 2.26. The van der Waals surface area contributed by atoms with Gasteiger partial charge in [0.1, 0.15) is 9.84 Å². The maximum atomic E-state index is 12.1. The fourth-order valence-electron chi connectivity index (χ4n) is 2.13. The largest absolute Gasteiger partial charge is 0.373 e. The number of ether oxygens (including phenoxy) is 1. The van der Waals surface area contributed by atoms with Crippen LogP contribution in [0, 0.1) is 5.41 Å². The second-order valence-corrected chi connectivity index (χ2v) is 12.8. The minimum atomic E-state index is -3.44. The van der Waals surface area contributed by atoms with Gasteiger partial charge in [0, 0.05) is 18.3 Å². The van der Waals surface area contributed by atoms with E-state index in [1.165, 1.54) is 16.8 Å². The van der Waals surface area contributed by atoms with Crippen LogP contribution in [-0.2, 0) is 24.6 Å². The summed E-state index contributed by atoms with van der Waals surface area (Å²) in [4.78, 5) is 0. The fourth-order valence-corrected chi connectivity index (χ4v) is 4.26. The van der Waals surface area contributed by atoms with E-state index >= 15 is 0 Å². The Hall–Kier alpha value is -0.180. The van der Waals surface area contributed by atoms with Gasteiger partial charge in [0.05, 0.1) is 24.2 Å². The molecule has 0 aliphatic rings. The maximum Gasteiger partial charge on any atom is 0.211 e. The zero-order valence-corrected chi connectivity index (χ0v) is 18.2. The molecular formula is C16H35NO5S2. The second-order valence-electron chi connectivity index (χ2n) is 8.65. The van der Waals surface area contributed by atoms with Crippen LogP contribution in [0.25, 0.3) is 0 Å². The third kappa shape index (κ3) is 9.34. The number of rotatable bonds is 8. The Balaban J connectivity index is 5.44. The van der Waals surface area contributed by atoms with Gasteiger partial charge >= 0.3 is 0 Å². The SMILES string of the molecule is C[C@H](O[C@H](CCS(C)(=O)=O)CN(C(C)(C)C)S(C)(=O)=O)C(C)(C)C. The normalized spacial score (nSPS) is 17.1. The van der Waals surface area contributed by atoms with Gasteiger partial charge in [-0.2, -0.15) is 4.31 Å². The van der Waals surface area contributed by atoms with Crippen LogP contribution in [0.3, 0.4) is 0 Å². The summed E-state index contributed by atoms with van der Waals surface area (Å²) in [5.41, 5.74) is -0.730. The van der Waals surface area contributed by atoms with E-state index in [0.717, 1.165) is 0 Å². The molecule has 0 bridgehead atoms. The molecule has 0 amide bonds. The lowest BCUT2D eigenvalue weighted by atomic mass is 9.90. The third-order valence-corrected chi connectivity index (χ3v) is 6.42. The van der Waals surface area contributed by atoms with Crippen LogP contribution in [0.4, 0.5) is 0 Å². The standard InChI is InChI=1S/C16H35NO5S2/c1-13(15(2,3)4)22-14(10-11-23(8,18)19)12-17(16(5,6)7)24(9,20)21/h13-14H,10-12H2,1-9H3/t13-,14+/m0/s1. The topological polar surface area (TPSA) is 80.8 Å². The Bertz CT molecular complexity index is 597. The van der Waals surface area contributed by atoms with Gasteiger partial charge in [-0.15, -0.1) is 0 Å². The molecule has 0 fully saturated rings. The van der Waals surface area contributed by atoms with Gasteiger partial charge in [0.2, 0.25) is 10.0 Å². The van der Waals surface area contributed by atoms with E-state index in [0.29, 0.717) is 0 Å². The van der Waals surface area contributed by atoms with E-state index < -0.39 is 31.5 Å². The first-order valence-corrected chi connectivity index (χ1v) is 12.1. The Morgan fingerprint density at radius 3 is 1.71 bits per heavy atom. The van der Waals surface area contributed by atoms with E-state index in [2.05, 4.69) is 0 Å². The maximum absolute atomic E-state index is 12.1. The van der Waals surface area contributed by atoms with Crippen molar-refractivity contribution >= 4 is 19.9 Å². The monoisotopic (exact) mass is 385 g/mol. The number of sulfone groups is 1. The lowest BCUT2D eigenvalue weighted by Crippen LogP contribution is -2.50. The summed E-state index contributed by atoms with van der Waals surface area (Å²) >= 11 is 0. The van der Waals surface area contributed by atoms with Crippen LogP contribution >= 0.6 is 0 Å². The first kappa shape index (κ1) is 23.8. The molecule has 0 aromatic carbocycles. The van der Waals surface area contributed by atoms with E-state index in [1.54, 1.807) is 0 Å². The number of sulfonamides is 1. The summed E-state index contributed by atoms with van der Waals surface area (Å²) in [5, 5.41) is 0. The van der Waals surface area contributed by atoms with Crippen molar-refractivity contribution in [1.29, 1.82) is 0 Å². The van der Waals surface area contributed by atoms with Crippen LogP contribution < -0.4 is 0 Å². The molecular weight excluding hydrogens is 350 g/mol. The van der Waals surface area contributed by atoms with Crippen molar-refractivity contribution < 1.29 is 21.6 Å². The van der Waals surface area contributed by atoms with Crippen molar-refractivity contribution in [2.24, 2.45) is 5.41 Å². The number of hydrogen-bond donors (Lipinski definition) is 0. The van der Waals surface area contributed by atoms with Crippen molar-refractivity contribution in [3.8, 4) is 0 Å². The number of nitrogens with zero attached hydrogens (tertiary/aromatic N) is 1. The van der Waals surface area contributed by atoms with E-state index in [4.69, 9.17) is 4.74 Å². The summed E-state index contributed by atoms with van der Waals surface area (Å²) in [6, 6.07) is 0. The summed E-state index contributed by atoms with van der Waals surface area (Å²) in [6.07, 6.45) is 1.99. The van der Waals surface area contributed by atoms with Gasteiger partial charge in [-0.25, -0.2) is 16.8 Å². The first-order valence-electron chi connectivity index (χ1n) is 8.15. The highest BCUT2D eigenvalue weighted by molar-refractivity contribution is 7.90. The molecule has 0 aromatic rings. The zero-order chi connectivity index (χ0) is 19.6. The van der Waals surface area contributed by atoms with Crippen molar-refractivity contribution in [2.45, 2.75) is 72.6 Å². The fraction of sp³-hybridized carbons (Fsp3) is 1.00. The molecule has 0 aliphatic heterocycles. The summed E-state index contributed by atoms with van der Waals surface area (Å²) in [5.74, 6) is -0.0315. The molecule has 0 heterocycles. The van der Waals surface area contributed by atoms with E-state index in [-0.39, 0.29) is 30.2 Å². The molecule has 6 nitrogen and oxygen atoms in total. The lowest BCUT2D eigenvalue weighted by molar-refractivity contribution is -0.0657. The minimum Gasteiger partial charge on any atom is -0.373 e. The highest BCUT2D eigenvalue weighted by Gasteiger charge is 2.34. The second kappa shape index (κ2) is 8.01. The molecule has 0 aliphatic carbocycles. The third-order valence-electron chi connectivity index (χ3n) is 3.94. The molecule has 2 atom stereocenters. The number of hydrogen-bond acceptors (Lipinski definition) is 5. The molecule has 0 saturated carbocycles. The van der Waals surface area contributed by atoms with Gasteiger partial charge in [-0.05, 0) is 39.5 Å². The molecule has 8 heteroatoms. The Morgan fingerprint density at radius 1 is 0.958 bits per heavy atom. The summed E-state index contributed by atoms with van der Waals surface area (Å²) in [7, 11) is -6.58. The minimum absolute atomic E-state index is 0.0315. The predicted octanol–water partition coefficient (Wildman–Crippen LogP) is 2.30. The van der Waals surface area contributed by atoms with Crippen LogP contribution in [0.15, 0.2) is 0 Å². The van der Waals surface area contributed by atoms with Gasteiger partial charge in [0.15, 0.2) is 0 Å². The first-order chi connectivity index (χ1) is 10.3. The van der Waals surface area contributed by atoms with Gasteiger partial charge < -0.3 is 4.74 Å². The Kier molecular flexibility index (Phi) is 7.95. The van der Waals surface area contributed by atoms with Gasteiger partial charge in [-0.1, -0.05) is 20.8 Å². The highest BCUT2D eigenvalue weighted by Crippen LogP contribution is 2.26. The molecule has 0 radical (unpaired) electrons. The van der Waals surface area contributed by atoms with E-state index in [1.807, 2.05) is 48.5 Å². The average molecular weight is 386 g/mol. The molecule has 0 spiro atoms. The summed E-state index contributed by atoms with van der Waals surface area (Å²) in [6.45, 7) is 13.6. The lowest BCUT2D eigenvalue weighted by Gasteiger charge is -2.38. The van der Waals surface area contributed by atoms with Gasteiger partial charge in [0.25, 0.3) is 0 Å². The Labute approximate surface area is 148 Å². The van der Waals surface area contributed by atoms with Gasteiger partial charge in [-0.3, -0.25) is 0 Å². The molecule has 0 unspecified atom stereocenters. The molecule has 0 aromatic heterocycles. The van der Waals surface area contributed by atoms with E-state index in [9.17, 15) is 16.8 Å². The zero-order valence-electron chi connectivity index (χ0n) is 16.6. The van der Waals surface area contributed by atoms with Crippen LogP contribution in [0.1, 0.15) is 54.9 Å². The van der Waals surface area contributed by atoms with Crippen molar-refractivity contribution in [1.82, 2.24) is 4.31 Å². The van der Waals surface area contributed by atoms with Crippen molar-refractivity contribution in [2.75, 3.05) is 24.8 Å². The van der Waals surface area contributed by atoms with Crippen molar-refractivity contribution in [3.05, 3.63) is 0 Å². The molecule has 0 rings (SSSR count). The Morgan fingerprint density at radius 2 is 1.42 bits per heavy atom. The predicted molar refractivity (Wildman–Crippen MR) is 99.4 cm³/mol. The molecule has 24 heavy (non-hydrogen) atoms. The molecule has 0 N–H and O–H groups in total. The van der Waals surface area contributed by atoms with Crippen LogP contribution in [-0.4, -0.2) is 63.7 Å². The smallest absolute Gasteiger partial charge is 0.211 e.